The zero-order valence-corrected chi connectivity index (χ0v) is 10.9. The fraction of sp³-hybridized carbons (Fsp3) is 1.00. The van der Waals surface area contributed by atoms with Gasteiger partial charge in [-0.3, -0.25) is 0 Å². The topological polar surface area (TPSA) is 94.3 Å². The van der Waals surface area contributed by atoms with E-state index >= 15 is 0 Å². The second-order valence-corrected chi connectivity index (χ2v) is 8.51. The molecular weight excluding hydrogens is 238 g/mol. The van der Waals surface area contributed by atoms with Gasteiger partial charge in [0, 0.05) is 12.3 Å². The summed E-state index contributed by atoms with van der Waals surface area (Å²) in [5.74, 6) is -0.684. The van der Waals surface area contributed by atoms with Crippen molar-refractivity contribution in [1.82, 2.24) is 0 Å². The van der Waals surface area contributed by atoms with Gasteiger partial charge in [-0.2, -0.15) is 0 Å². The SMILES string of the molecule is CCC(N)C(C)S(=O)(=O)CCS(C)(=O)=O. The molecule has 7 heteroatoms. The van der Waals surface area contributed by atoms with Gasteiger partial charge in [-0.15, -0.1) is 0 Å². The van der Waals surface area contributed by atoms with Gasteiger partial charge >= 0.3 is 0 Å². The lowest BCUT2D eigenvalue weighted by atomic mass is 10.2. The highest BCUT2D eigenvalue weighted by Crippen LogP contribution is 2.08. The predicted molar refractivity (Wildman–Crippen MR) is 61.2 cm³/mol. The van der Waals surface area contributed by atoms with Crippen LogP contribution in [-0.2, 0) is 19.7 Å². The highest BCUT2D eigenvalue weighted by molar-refractivity contribution is 7.95. The Bertz CT molecular complexity index is 385. The molecule has 0 saturated heterocycles. The van der Waals surface area contributed by atoms with Crippen LogP contribution in [0.2, 0.25) is 0 Å². The second kappa shape index (κ2) is 5.27. The first-order chi connectivity index (χ1) is 6.60. The molecule has 0 aliphatic heterocycles. The van der Waals surface area contributed by atoms with Crippen molar-refractivity contribution in [3.8, 4) is 0 Å². The van der Waals surface area contributed by atoms with Crippen LogP contribution in [0.5, 0.6) is 0 Å². The largest absolute Gasteiger partial charge is 0.327 e. The summed E-state index contributed by atoms with van der Waals surface area (Å²) in [6, 6.07) is -0.436. The van der Waals surface area contributed by atoms with Crippen LogP contribution in [0.15, 0.2) is 0 Å². The Morgan fingerprint density at radius 3 is 1.93 bits per heavy atom. The predicted octanol–water partition coefficient (Wildman–Crippen LogP) is -0.428. The first-order valence-corrected chi connectivity index (χ1v) is 8.52. The molecule has 0 aliphatic carbocycles. The molecule has 0 bridgehead atoms. The van der Waals surface area contributed by atoms with E-state index < -0.39 is 31.0 Å². The van der Waals surface area contributed by atoms with Crippen LogP contribution >= 0.6 is 0 Å². The fourth-order valence-electron chi connectivity index (χ4n) is 1.05. The summed E-state index contributed by atoms with van der Waals surface area (Å²) in [7, 11) is -6.65. The maximum Gasteiger partial charge on any atom is 0.155 e. The van der Waals surface area contributed by atoms with Gasteiger partial charge in [0.1, 0.15) is 9.84 Å². The van der Waals surface area contributed by atoms with Gasteiger partial charge in [-0.05, 0) is 13.3 Å². The monoisotopic (exact) mass is 257 g/mol. The van der Waals surface area contributed by atoms with Crippen LogP contribution in [0.25, 0.3) is 0 Å². The molecule has 0 fully saturated rings. The van der Waals surface area contributed by atoms with E-state index in [1.807, 2.05) is 0 Å². The van der Waals surface area contributed by atoms with Crippen molar-refractivity contribution >= 4 is 19.7 Å². The molecule has 0 rings (SSSR count). The summed E-state index contributed by atoms with van der Waals surface area (Å²) in [4.78, 5) is 0. The summed E-state index contributed by atoms with van der Waals surface area (Å²) in [6.07, 6.45) is 1.58. The van der Waals surface area contributed by atoms with E-state index in [1.165, 1.54) is 6.92 Å². The van der Waals surface area contributed by atoms with Crippen molar-refractivity contribution in [2.24, 2.45) is 5.73 Å². The molecule has 2 atom stereocenters. The minimum atomic E-state index is -3.41. The molecule has 0 aromatic rings. The van der Waals surface area contributed by atoms with Crippen LogP contribution in [0.1, 0.15) is 20.3 Å². The van der Waals surface area contributed by atoms with Gasteiger partial charge in [0.2, 0.25) is 0 Å². The molecule has 5 nitrogen and oxygen atoms in total. The molecule has 92 valence electrons. The van der Waals surface area contributed by atoms with Crippen molar-refractivity contribution in [3.63, 3.8) is 0 Å². The first kappa shape index (κ1) is 14.9. The van der Waals surface area contributed by atoms with Crippen LogP contribution in [0, 0.1) is 0 Å². The van der Waals surface area contributed by atoms with Gasteiger partial charge in [0.25, 0.3) is 0 Å². The summed E-state index contributed by atoms with van der Waals surface area (Å²) in [5.41, 5.74) is 5.61. The maximum absolute atomic E-state index is 11.6. The van der Waals surface area contributed by atoms with Gasteiger partial charge in [0.15, 0.2) is 9.84 Å². The number of hydrogen-bond donors (Lipinski definition) is 1. The highest BCUT2D eigenvalue weighted by atomic mass is 32.2. The van der Waals surface area contributed by atoms with Crippen molar-refractivity contribution in [2.75, 3.05) is 17.8 Å². The van der Waals surface area contributed by atoms with Crippen LogP contribution in [0.3, 0.4) is 0 Å². The van der Waals surface area contributed by atoms with Crippen LogP contribution < -0.4 is 5.73 Å². The third-order valence-electron chi connectivity index (χ3n) is 2.38. The first-order valence-electron chi connectivity index (χ1n) is 4.75. The van der Waals surface area contributed by atoms with Crippen LogP contribution in [0.4, 0.5) is 0 Å². The van der Waals surface area contributed by atoms with Crippen LogP contribution in [-0.4, -0.2) is 45.9 Å². The van der Waals surface area contributed by atoms with Crippen molar-refractivity contribution < 1.29 is 16.8 Å². The zero-order valence-electron chi connectivity index (χ0n) is 9.30. The lowest BCUT2D eigenvalue weighted by molar-refractivity contribution is 0.551. The smallest absolute Gasteiger partial charge is 0.155 e. The third-order valence-corrected chi connectivity index (χ3v) is 5.84. The minimum absolute atomic E-state index is 0.337. The lowest BCUT2D eigenvalue weighted by Gasteiger charge is -2.18. The Kier molecular flexibility index (Phi) is 5.22. The molecule has 0 aromatic carbocycles. The molecule has 2 unspecified atom stereocenters. The van der Waals surface area contributed by atoms with E-state index in [9.17, 15) is 16.8 Å². The summed E-state index contributed by atoms with van der Waals surface area (Å²) < 4.78 is 45.0. The number of rotatable bonds is 6. The molecule has 2 N–H and O–H groups in total. The average Bonchev–Trinajstić information content (AvgIpc) is 2.11. The summed E-state index contributed by atoms with van der Waals surface area (Å²) >= 11 is 0. The fourth-order valence-corrected chi connectivity index (χ4v) is 4.29. The van der Waals surface area contributed by atoms with E-state index in [1.54, 1.807) is 6.92 Å². The van der Waals surface area contributed by atoms with Crippen molar-refractivity contribution in [3.05, 3.63) is 0 Å². The van der Waals surface area contributed by atoms with E-state index in [4.69, 9.17) is 5.73 Å². The van der Waals surface area contributed by atoms with Gasteiger partial charge < -0.3 is 5.73 Å². The highest BCUT2D eigenvalue weighted by Gasteiger charge is 2.26. The Morgan fingerprint density at radius 1 is 1.13 bits per heavy atom. The molecule has 0 heterocycles. The zero-order chi connectivity index (χ0) is 12.3. The molecule has 0 radical (unpaired) electrons. The van der Waals surface area contributed by atoms with Gasteiger partial charge in [0.05, 0.1) is 16.8 Å². The average molecular weight is 257 g/mol. The Balaban J connectivity index is 4.57. The van der Waals surface area contributed by atoms with E-state index in [-0.39, 0.29) is 11.5 Å². The summed E-state index contributed by atoms with van der Waals surface area (Å²) in [5, 5.41) is -0.691. The minimum Gasteiger partial charge on any atom is -0.327 e. The summed E-state index contributed by atoms with van der Waals surface area (Å²) in [6.45, 7) is 3.32. The molecule has 15 heavy (non-hydrogen) atoms. The molecule has 0 aliphatic rings. The Hall–Kier alpha value is -0.140. The normalized spacial score (nSPS) is 17.3. The van der Waals surface area contributed by atoms with Crippen molar-refractivity contribution in [2.45, 2.75) is 31.6 Å². The standard InChI is InChI=1S/C8H19NO4S2/c1-4-8(9)7(2)15(12,13)6-5-14(3,10)11/h7-8H,4-6,9H2,1-3H3. The van der Waals surface area contributed by atoms with Gasteiger partial charge in [-0.25, -0.2) is 16.8 Å². The second-order valence-electron chi connectivity index (χ2n) is 3.77. The van der Waals surface area contributed by atoms with Gasteiger partial charge in [-0.1, -0.05) is 6.92 Å². The molecule has 0 amide bonds. The van der Waals surface area contributed by atoms with E-state index in [0.717, 1.165) is 6.26 Å². The van der Waals surface area contributed by atoms with E-state index in [0.29, 0.717) is 6.42 Å². The number of nitrogens with two attached hydrogens (primary N) is 1. The van der Waals surface area contributed by atoms with E-state index in [2.05, 4.69) is 0 Å². The number of sulfone groups is 2. The lowest BCUT2D eigenvalue weighted by Crippen LogP contribution is -2.40. The van der Waals surface area contributed by atoms with Crippen molar-refractivity contribution in [1.29, 1.82) is 0 Å². The molecule has 0 saturated carbocycles. The molecule has 0 aromatic heterocycles. The number of hydrogen-bond acceptors (Lipinski definition) is 5. The molecular formula is C8H19NO4S2. The third kappa shape index (κ3) is 5.48. The maximum atomic E-state index is 11.6. The Morgan fingerprint density at radius 2 is 1.60 bits per heavy atom. The molecule has 0 spiro atoms. The Labute approximate surface area is 91.9 Å². The quantitative estimate of drug-likeness (QED) is 0.697.